The van der Waals surface area contributed by atoms with Crippen LogP contribution in [-0.4, -0.2) is 51.5 Å². The van der Waals surface area contributed by atoms with E-state index >= 15 is 0 Å². The summed E-state index contributed by atoms with van der Waals surface area (Å²) in [6, 6.07) is 5.40. The minimum Gasteiger partial charge on any atom is -0.495 e. The van der Waals surface area contributed by atoms with Crippen molar-refractivity contribution in [3.05, 3.63) is 48.8 Å². The highest BCUT2D eigenvalue weighted by Gasteiger charge is 2.16. The molecule has 1 N–H and O–H groups in total. The molecule has 0 aliphatic heterocycles. The van der Waals surface area contributed by atoms with Gasteiger partial charge >= 0.3 is 0 Å². The minimum atomic E-state index is -0.239. The number of methoxy groups -OCH3 is 2. The van der Waals surface area contributed by atoms with Crippen LogP contribution in [0.2, 0.25) is 0 Å². The van der Waals surface area contributed by atoms with E-state index in [1.165, 1.54) is 19.6 Å². The quantitative estimate of drug-likeness (QED) is 0.347. The van der Waals surface area contributed by atoms with Crippen LogP contribution >= 0.6 is 0 Å². The van der Waals surface area contributed by atoms with Crippen molar-refractivity contribution in [1.82, 2.24) is 24.7 Å². The number of rotatable bonds is 10. The third kappa shape index (κ3) is 5.45. The van der Waals surface area contributed by atoms with Gasteiger partial charge in [0.15, 0.2) is 17.2 Å². The van der Waals surface area contributed by atoms with E-state index in [4.69, 9.17) is 18.9 Å². The monoisotopic (exact) mass is 492 g/mol. The van der Waals surface area contributed by atoms with Crippen molar-refractivity contribution in [1.29, 1.82) is 0 Å². The van der Waals surface area contributed by atoms with E-state index in [-0.39, 0.29) is 18.4 Å². The number of ether oxygens (including phenoxy) is 4. The van der Waals surface area contributed by atoms with Crippen molar-refractivity contribution in [2.75, 3.05) is 26.1 Å². The maximum absolute atomic E-state index is 12.6. The molecular weight excluding hydrogens is 464 g/mol. The molecule has 4 rings (SSSR count). The molecule has 11 heteroatoms. The second kappa shape index (κ2) is 10.9. The number of carbonyl (C=O) groups excluding carboxylic acids is 1. The third-order valence-electron chi connectivity index (χ3n) is 5.27. The van der Waals surface area contributed by atoms with Gasteiger partial charge in [-0.1, -0.05) is 0 Å². The van der Waals surface area contributed by atoms with Gasteiger partial charge in [-0.15, -0.1) is 0 Å². The number of aromatic nitrogens is 5. The van der Waals surface area contributed by atoms with Gasteiger partial charge in [-0.3, -0.25) is 14.5 Å². The zero-order chi connectivity index (χ0) is 25.7. The first-order chi connectivity index (χ1) is 17.4. The Bertz CT molecular complexity index is 1370. The topological polar surface area (TPSA) is 123 Å². The molecular formula is C25H28N6O5. The minimum absolute atomic E-state index is 0.0180. The zero-order valence-electron chi connectivity index (χ0n) is 20.8. The Balaban J connectivity index is 1.53. The molecule has 0 spiro atoms. The van der Waals surface area contributed by atoms with Crippen molar-refractivity contribution in [2.45, 2.75) is 33.2 Å². The number of nitrogens with one attached hydrogen (secondary N) is 1. The number of hydrogen-bond acceptors (Lipinski definition) is 9. The van der Waals surface area contributed by atoms with Crippen LogP contribution in [0, 0.1) is 0 Å². The Morgan fingerprint density at radius 2 is 1.83 bits per heavy atom. The van der Waals surface area contributed by atoms with Gasteiger partial charge in [0.05, 0.1) is 61.9 Å². The number of amides is 1. The maximum Gasteiger partial charge on any atom is 0.230 e. The highest BCUT2D eigenvalue weighted by Crippen LogP contribution is 2.36. The molecule has 0 fully saturated rings. The van der Waals surface area contributed by atoms with E-state index in [0.29, 0.717) is 57.8 Å². The lowest BCUT2D eigenvalue weighted by molar-refractivity contribution is -0.115. The molecule has 3 aromatic heterocycles. The van der Waals surface area contributed by atoms with Gasteiger partial charge in [0.2, 0.25) is 11.8 Å². The molecule has 4 aromatic rings. The molecule has 0 radical (unpaired) electrons. The van der Waals surface area contributed by atoms with Crippen LogP contribution in [0.1, 0.15) is 32.5 Å². The third-order valence-corrected chi connectivity index (χ3v) is 5.27. The summed E-state index contributed by atoms with van der Waals surface area (Å²) in [5.41, 5.74) is 1.72. The zero-order valence-corrected chi connectivity index (χ0v) is 20.8. The summed E-state index contributed by atoms with van der Waals surface area (Å²) in [4.78, 5) is 25.5. The molecule has 0 aliphatic rings. The molecule has 3 heterocycles. The van der Waals surface area contributed by atoms with E-state index in [1.54, 1.807) is 42.4 Å². The molecule has 11 nitrogen and oxygen atoms in total. The molecule has 0 bridgehead atoms. The Morgan fingerprint density at radius 1 is 1.03 bits per heavy atom. The smallest absolute Gasteiger partial charge is 0.230 e. The normalized spacial score (nSPS) is 10.9. The fourth-order valence-electron chi connectivity index (χ4n) is 3.52. The van der Waals surface area contributed by atoms with Crippen LogP contribution in [0.15, 0.2) is 43.1 Å². The van der Waals surface area contributed by atoms with Gasteiger partial charge in [0, 0.05) is 24.4 Å². The summed E-state index contributed by atoms with van der Waals surface area (Å²) < 4.78 is 24.3. The Hall–Kier alpha value is -4.41. The average Bonchev–Trinajstić information content (AvgIpc) is 3.33. The lowest BCUT2D eigenvalue weighted by Crippen LogP contribution is -2.15. The van der Waals surface area contributed by atoms with Crippen LogP contribution in [0.5, 0.6) is 28.9 Å². The maximum atomic E-state index is 12.6. The predicted molar refractivity (Wildman–Crippen MR) is 133 cm³/mol. The van der Waals surface area contributed by atoms with Crippen LogP contribution in [0.3, 0.4) is 0 Å². The van der Waals surface area contributed by atoms with Gasteiger partial charge in [0.25, 0.3) is 0 Å². The standard InChI is InChI=1S/C25H28N6O5/c1-6-35-23-9-19-18(8-22(23)34-5)25(28-14-27-19)36-17-7-21(33-4)20(26-12-17)10-24(32)30-16-11-29-31(13-16)15(2)3/h7-9,11-15H,6,10H2,1-5H3,(H,30,32). The number of carbonyl (C=O) groups is 1. The van der Waals surface area contributed by atoms with Crippen molar-refractivity contribution < 1.29 is 23.7 Å². The first-order valence-electron chi connectivity index (χ1n) is 11.4. The molecule has 0 aliphatic carbocycles. The summed E-state index contributed by atoms with van der Waals surface area (Å²) >= 11 is 0. The van der Waals surface area contributed by atoms with E-state index in [1.807, 2.05) is 20.8 Å². The molecule has 0 saturated carbocycles. The molecule has 188 valence electrons. The number of hydrogen-bond donors (Lipinski definition) is 1. The van der Waals surface area contributed by atoms with Gasteiger partial charge in [-0.05, 0) is 26.8 Å². The summed E-state index contributed by atoms with van der Waals surface area (Å²) in [5.74, 6) is 2.01. The van der Waals surface area contributed by atoms with E-state index in [9.17, 15) is 4.79 Å². The molecule has 1 aromatic carbocycles. The number of anilines is 1. The van der Waals surface area contributed by atoms with Crippen molar-refractivity contribution in [2.24, 2.45) is 0 Å². The number of nitrogens with zero attached hydrogens (tertiary/aromatic N) is 5. The molecule has 1 amide bonds. The van der Waals surface area contributed by atoms with Gasteiger partial charge in [0.1, 0.15) is 12.1 Å². The SMILES string of the molecule is CCOc1cc2ncnc(Oc3cnc(CC(=O)Nc4cnn(C(C)C)c4)c(OC)c3)c2cc1OC. The molecule has 0 atom stereocenters. The number of fused-ring (bicyclic) bond motifs is 1. The van der Waals surface area contributed by atoms with Crippen LogP contribution in [0.4, 0.5) is 5.69 Å². The summed E-state index contributed by atoms with van der Waals surface area (Å²) in [6.07, 6.45) is 6.33. The Kier molecular flexibility index (Phi) is 7.47. The lowest BCUT2D eigenvalue weighted by atomic mass is 10.2. The van der Waals surface area contributed by atoms with Gasteiger partial charge in [-0.25, -0.2) is 9.97 Å². The average molecular weight is 493 g/mol. The largest absolute Gasteiger partial charge is 0.495 e. The van der Waals surface area contributed by atoms with Crippen LogP contribution in [-0.2, 0) is 11.2 Å². The number of benzene rings is 1. The van der Waals surface area contributed by atoms with Crippen LogP contribution < -0.4 is 24.3 Å². The van der Waals surface area contributed by atoms with Gasteiger partial charge < -0.3 is 24.3 Å². The summed E-state index contributed by atoms with van der Waals surface area (Å²) in [7, 11) is 3.07. The van der Waals surface area contributed by atoms with E-state index < -0.39 is 0 Å². The first kappa shape index (κ1) is 24.7. The highest BCUT2D eigenvalue weighted by molar-refractivity contribution is 5.92. The van der Waals surface area contributed by atoms with Crippen molar-refractivity contribution >= 4 is 22.5 Å². The van der Waals surface area contributed by atoms with E-state index in [2.05, 4.69) is 25.4 Å². The molecule has 36 heavy (non-hydrogen) atoms. The van der Waals surface area contributed by atoms with Crippen LogP contribution in [0.25, 0.3) is 10.9 Å². The van der Waals surface area contributed by atoms with Crippen molar-refractivity contribution in [3.63, 3.8) is 0 Å². The lowest BCUT2D eigenvalue weighted by Gasteiger charge is -2.13. The summed E-state index contributed by atoms with van der Waals surface area (Å²) in [6.45, 7) is 6.41. The predicted octanol–water partition coefficient (Wildman–Crippen LogP) is 4.19. The van der Waals surface area contributed by atoms with Crippen molar-refractivity contribution in [3.8, 4) is 28.9 Å². The first-order valence-corrected chi connectivity index (χ1v) is 11.4. The molecule has 0 saturated heterocycles. The summed E-state index contributed by atoms with van der Waals surface area (Å²) in [5, 5.41) is 7.70. The molecule has 0 unspecified atom stereocenters. The second-order valence-electron chi connectivity index (χ2n) is 8.08. The second-order valence-corrected chi connectivity index (χ2v) is 8.08. The Labute approximate surface area is 208 Å². The highest BCUT2D eigenvalue weighted by atomic mass is 16.5. The Morgan fingerprint density at radius 3 is 2.53 bits per heavy atom. The van der Waals surface area contributed by atoms with E-state index in [0.717, 1.165) is 0 Å². The fraction of sp³-hybridized carbons (Fsp3) is 0.320. The fourth-order valence-corrected chi connectivity index (χ4v) is 3.52. The van der Waals surface area contributed by atoms with Gasteiger partial charge in [-0.2, -0.15) is 5.10 Å². The number of pyridine rings is 1.